The quantitative estimate of drug-likeness (QED) is 0.794. The van der Waals surface area contributed by atoms with Gasteiger partial charge in [-0.25, -0.2) is 0 Å². The van der Waals surface area contributed by atoms with Crippen LogP contribution in [0.15, 0.2) is 18.2 Å². The maximum Gasteiger partial charge on any atom is 0.0600 e. The van der Waals surface area contributed by atoms with E-state index in [9.17, 15) is 0 Å². The normalized spacial score (nSPS) is 10.9. The van der Waals surface area contributed by atoms with Crippen LogP contribution in [0.1, 0.15) is 13.3 Å². The summed E-state index contributed by atoms with van der Waals surface area (Å²) in [7, 11) is 4.18. The van der Waals surface area contributed by atoms with Crippen LogP contribution in [-0.2, 0) is 0 Å². The molecule has 1 rings (SSSR count). The molecule has 0 spiro atoms. The molecule has 0 aromatic heterocycles. The predicted molar refractivity (Wildman–Crippen MR) is 76.9 cm³/mol. The van der Waals surface area contributed by atoms with E-state index in [1.54, 1.807) is 0 Å². The second-order valence-corrected chi connectivity index (χ2v) is 4.88. The molecule has 0 radical (unpaired) electrons. The second kappa shape index (κ2) is 6.72. The van der Waals surface area contributed by atoms with Gasteiger partial charge in [0.25, 0.3) is 0 Å². The van der Waals surface area contributed by atoms with E-state index in [1.807, 2.05) is 18.2 Å². The molecule has 0 saturated heterocycles. The molecule has 0 aliphatic carbocycles. The summed E-state index contributed by atoms with van der Waals surface area (Å²) in [6, 6.07) is 5.70. The molecule has 0 amide bonds. The van der Waals surface area contributed by atoms with E-state index in [2.05, 4.69) is 30.8 Å². The van der Waals surface area contributed by atoms with Crippen LogP contribution in [0.5, 0.6) is 0 Å². The zero-order chi connectivity index (χ0) is 12.8. The fourth-order valence-corrected chi connectivity index (χ4v) is 2.02. The van der Waals surface area contributed by atoms with Gasteiger partial charge in [-0.05, 0) is 52.2 Å². The molecule has 0 aliphatic heterocycles. The lowest BCUT2D eigenvalue weighted by atomic mass is 10.2. The fraction of sp³-hybridized carbons (Fsp3) is 0.538. The lowest BCUT2D eigenvalue weighted by molar-refractivity contribution is 0.400. The minimum Gasteiger partial charge on any atom is -0.397 e. The molecule has 17 heavy (non-hydrogen) atoms. The van der Waals surface area contributed by atoms with Crippen molar-refractivity contribution in [2.45, 2.75) is 13.3 Å². The molecule has 3 nitrogen and oxygen atoms in total. The number of nitrogens with zero attached hydrogens (tertiary/aromatic N) is 2. The zero-order valence-corrected chi connectivity index (χ0v) is 11.7. The van der Waals surface area contributed by atoms with E-state index in [4.69, 9.17) is 17.3 Å². The van der Waals surface area contributed by atoms with Gasteiger partial charge in [0.2, 0.25) is 0 Å². The van der Waals surface area contributed by atoms with Crippen molar-refractivity contribution < 1.29 is 0 Å². The van der Waals surface area contributed by atoms with Gasteiger partial charge in [-0.15, -0.1) is 0 Å². The molecule has 0 atom stereocenters. The number of nitrogen functional groups attached to an aromatic ring is 1. The number of hydrogen-bond donors (Lipinski definition) is 1. The highest BCUT2D eigenvalue weighted by Gasteiger charge is 2.08. The van der Waals surface area contributed by atoms with Gasteiger partial charge < -0.3 is 15.5 Å². The van der Waals surface area contributed by atoms with Crippen molar-refractivity contribution in [2.75, 3.05) is 44.4 Å². The summed E-state index contributed by atoms with van der Waals surface area (Å²) in [6.45, 7) is 5.20. The number of nitrogens with two attached hydrogens (primary N) is 1. The molecular weight excluding hydrogens is 234 g/mol. The van der Waals surface area contributed by atoms with Crippen LogP contribution in [0.2, 0.25) is 5.02 Å². The fourth-order valence-electron chi connectivity index (χ4n) is 1.84. The summed E-state index contributed by atoms with van der Waals surface area (Å²) in [5.41, 5.74) is 7.83. The van der Waals surface area contributed by atoms with E-state index in [0.29, 0.717) is 5.02 Å². The van der Waals surface area contributed by atoms with Gasteiger partial charge in [0, 0.05) is 18.1 Å². The molecule has 0 unspecified atom stereocenters. The highest BCUT2D eigenvalue weighted by atomic mass is 35.5. The first-order valence-electron chi connectivity index (χ1n) is 5.99. The predicted octanol–water partition coefficient (Wildman–Crippen LogP) is 2.70. The highest BCUT2D eigenvalue weighted by Crippen LogP contribution is 2.26. The molecule has 0 bridgehead atoms. The molecule has 4 heteroatoms. The van der Waals surface area contributed by atoms with Crippen LogP contribution in [0.3, 0.4) is 0 Å². The number of rotatable bonds is 6. The Labute approximate surface area is 109 Å². The number of hydrogen-bond acceptors (Lipinski definition) is 3. The maximum atomic E-state index is 5.99. The zero-order valence-electron chi connectivity index (χ0n) is 10.9. The Morgan fingerprint density at radius 2 is 1.94 bits per heavy atom. The van der Waals surface area contributed by atoms with Crippen LogP contribution >= 0.6 is 11.6 Å². The first-order valence-corrected chi connectivity index (χ1v) is 6.37. The Balaban J connectivity index is 2.66. The molecule has 96 valence electrons. The summed E-state index contributed by atoms with van der Waals surface area (Å²) in [5, 5.41) is 0.690. The van der Waals surface area contributed by atoms with Gasteiger partial charge in [-0.1, -0.05) is 11.6 Å². The van der Waals surface area contributed by atoms with Crippen LogP contribution < -0.4 is 10.6 Å². The third kappa shape index (κ3) is 4.44. The molecule has 1 aromatic rings. The molecule has 1 aromatic carbocycles. The smallest absolute Gasteiger partial charge is 0.0600 e. The monoisotopic (exact) mass is 255 g/mol. The molecular formula is C13H22ClN3. The van der Waals surface area contributed by atoms with Crippen molar-refractivity contribution in [2.24, 2.45) is 0 Å². The van der Waals surface area contributed by atoms with E-state index in [1.165, 1.54) is 0 Å². The second-order valence-electron chi connectivity index (χ2n) is 4.44. The maximum absolute atomic E-state index is 5.99. The largest absolute Gasteiger partial charge is 0.397 e. The highest BCUT2D eigenvalue weighted by molar-refractivity contribution is 6.31. The minimum atomic E-state index is 0.690. The van der Waals surface area contributed by atoms with Gasteiger partial charge in [0.1, 0.15) is 0 Å². The van der Waals surface area contributed by atoms with Crippen molar-refractivity contribution in [3.8, 4) is 0 Å². The minimum absolute atomic E-state index is 0.690. The molecule has 0 heterocycles. The van der Waals surface area contributed by atoms with Crippen LogP contribution in [0.25, 0.3) is 0 Å². The number of anilines is 2. The molecule has 0 saturated carbocycles. The Morgan fingerprint density at radius 1 is 1.24 bits per heavy atom. The van der Waals surface area contributed by atoms with Gasteiger partial charge in [0.05, 0.1) is 11.4 Å². The van der Waals surface area contributed by atoms with Gasteiger partial charge in [-0.3, -0.25) is 0 Å². The van der Waals surface area contributed by atoms with E-state index in [-0.39, 0.29) is 0 Å². The summed E-state index contributed by atoms with van der Waals surface area (Å²) < 4.78 is 0. The van der Waals surface area contributed by atoms with E-state index < -0.39 is 0 Å². The average molecular weight is 256 g/mol. The van der Waals surface area contributed by atoms with Gasteiger partial charge in [0.15, 0.2) is 0 Å². The van der Waals surface area contributed by atoms with Crippen LogP contribution in [0.4, 0.5) is 11.4 Å². The molecule has 2 N–H and O–H groups in total. The number of benzene rings is 1. The first-order chi connectivity index (χ1) is 8.04. The van der Waals surface area contributed by atoms with Crippen LogP contribution in [-0.4, -0.2) is 38.6 Å². The van der Waals surface area contributed by atoms with E-state index in [0.717, 1.165) is 37.4 Å². The molecule has 0 fully saturated rings. The van der Waals surface area contributed by atoms with Crippen molar-refractivity contribution >= 4 is 23.0 Å². The topological polar surface area (TPSA) is 32.5 Å². The van der Waals surface area contributed by atoms with Crippen molar-refractivity contribution in [1.82, 2.24) is 4.90 Å². The lowest BCUT2D eigenvalue weighted by Gasteiger charge is -2.25. The van der Waals surface area contributed by atoms with Gasteiger partial charge >= 0.3 is 0 Å². The Kier molecular flexibility index (Phi) is 5.59. The number of halogens is 1. The average Bonchev–Trinajstić information content (AvgIpc) is 2.25. The summed E-state index contributed by atoms with van der Waals surface area (Å²) >= 11 is 5.91. The summed E-state index contributed by atoms with van der Waals surface area (Å²) in [6.07, 6.45) is 1.13. The third-order valence-electron chi connectivity index (χ3n) is 2.75. The third-order valence-corrected chi connectivity index (χ3v) is 2.98. The van der Waals surface area contributed by atoms with Gasteiger partial charge in [-0.2, -0.15) is 0 Å². The Morgan fingerprint density at radius 3 is 2.47 bits per heavy atom. The first kappa shape index (κ1) is 14.1. The molecule has 0 aliphatic rings. The standard InChI is InChI=1S/C13H22ClN3/c1-4-17(9-5-8-16(2)3)13-7-6-11(14)10-12(13)15/h6-7,10H,4-5,8-9,15H2,1-3H3. The Hall–Kier alpha value is -0.930. The SMILES string of the molecule is CCN(CCCN(C)C)c1ccc(Cl)cc1N. The summed E-state index contributed by atoms with van der Waals surface area (Å²) in [5.74, 6) is 0. The van der Waals surface area contributed by atoms with Crippen molar-refractivity contribution in [3.05, 3.63) is 23.2 Å². The Bertz CT molecular complexity index is 353. The van der Waals surface area contributed by atoms with E-state index >= 15 is 0 Å². The van der Waals surface area contributed by atoms with Crippen molar-refractivity contribution in [3.63, 3.8) is 0 Å². The van der Waals surface area contributed by atoms with Crippen LogP contribution in [0, 0.1) is 0 Å². The van der Waals surface area contributed by atoms with Crippen molar-refractivity contribution in [1.29, 1.82) is 0 Å². The summed E-state index contributed by atoms with van der Waals surface area (Å²) in [4.78, 5) is 4.48. The lowest BCUT2D eigenvalue weighted by Crippen LogP contribution is -2.27.